The monoisotopic (exact) mass is 668 g/mol. The molecule has 0 aliphatic rings. The van der Waals surface area contributed by atoms with Crippen LogP contribution >= 0.6 is 0 Å². The molecule has 0 aliphatic heterocycles. The highest BCUT2D eigenvalue weighted by Gasteiger charge is 2.12. The molecule has 9 nitrogen and oxygen atoms in total. The van der Waals surface area contributed by atoms with Crippen molar-refractivity contribution in [1.29, 1.82) is 0 Å². The third-order valence-electron chi connectivity index (χ3n) is 6.90. The molecule has 0 bridgehead atoms. The van der Waals surface area contributed by atoms with E-state index in [2.05, 4.69) is 19.7 Å². The summed E-state index contributed by atoms with van der Waals surface area (Å²) >= 11 is 0. The van der Waals surface area contributed by atoms with Gasteiger partial charge in [-0.1, -0.05) is 31.9 Å². The van der Waals surface area contributed by atoms with E-state index in [1.807, 2.05) is 31.2 Å². The Balaban J connectivity index is 1.38. The third-order valence-corrected chi connectivity index (χ3v) is 6.90. The van der Waals surface area contributed by atoms with Gasteiger partial charge in [0.1, 0.15) is 28.8 Å². The number of hydrogen-bond acceptors (Lipinski definition) is 9. The maximum absolute atomic E-state index is 12.7. The van der Waals surface area contributed by atoms with Gasteiger partial charge in [0.05, 0.1) is 32.0 Å². The number of hydrogen-bond donors (Lipinski definition) is 0. The number of rotatable bonds is 20. The van der Waals surface area contributed by atoms with E-state index >= 15 is 0 Å². The van der Waals surface area contributed by atoms with Gasteiger partial charge in [0.15, 0.2) is 0 Å². The molecular formula is C40H44O9. The SMILES string of the molecule is C=C(C)C(=C)OCCCCOc1ccc(C(=O)Oc2ccc(OC(=O)/C=C/c3ccc(OCCCCOC(=O)C(=C)C)cc3)c(C)c2)cc1. The molecular weight excluding hydrogens is 624 g/mol. The Labute approximate surface area is 288 Å². The molecule has 9 heteroatoms. The van der Waals surface area contributed by atoms with Gasteiger partial charge in [0.2, 0.25) is 0 Å². The van der Waals surface area contributed by atoms with E-state index in [1.54, 1.807) is 62.4 Å². The summed E-state index contributed by atoms with van der Waals surface area (Å²) in [5, 5.41) is 0. The molecule has 0 spiro atoms. The second kappa shape index (κ2) is 19.9. The number of aryl methyl sites for hydroxylation is 1. The molecule has 0 heterocycles. The van der Waals surface area contributed by atoms with Gasteiger partial charge in [0, 0.05) is 11.6 Å². The van der Waals surface area contributed by atoms with Crippen molar-refractivity contribution < 1.29 is 42.8 Å². The van der Waals surface area contributed by atoms with Crippen molar-refractivity contribution in [3.05, 3.63) is 126 Å². The van der Waals surface area contributed by atoms with E-state index in [4.69, 9.17) is 28.4 Å². The number of esters is 3. The lowest BCUT2D eigenvalue weighted by atomic mass is 10.2. The van der Waals surface area contributed by atoms with E-state index < -0.39 is 11.9 Å². The summed E-state index contributed by atoms with van der Waals surface area (Å²) in [6.07, 6.45) is 6.02. The van der Waals surface area contributed by atoms with Gasteiger partial charge in [-0.05, 0) is 124 Å². The minimum atomic E-state index is -0.551. The molecule has 0 radical (unpaired) electrons. The fourth-order valence-corrected chi connectivity index (χ4v) is 4.03. The smallest absolute Gasteiger partial charge is 0.343 e. The Hall–Kier alpha value is -5.57. The topological polar surface area (TPSA) is 107 Å². The predicted molar refractivity (Wildman–Crippen MR) is 189 cm³/mol. The summed E-state index contributed by atoms with van der Waals surface area (Å²) in [6.45, 7) is 18.2. The molecule has 258 valence electrons. The number of ether oxygens (including phenoxy) is 6. The van der Waals surface area contributed by atoms with Crippen molar-refractivity contribution in [2.45, 2.75) is 46.5 Å². The lowest BCUT2D eigenvalue weighted by Crippen LogP contribution is -2.09. The van der Waals surface area contributed by atoms with Crippen LogP contribution in [-0.4, -0.2) is 44.3 Å². The molecule has 0 saturated heterocycles. The van der Waals surface area contributed by atoms with Gasteiger partial charge in [-0.3, -0.25) is 0 Å². The van der Waals surface area contributed by atoms with Gasteiger partial charge >= 0.3 is 17.9 Å². The van der Waals surface area contributed by atoms with Crippen LogP contribution < -0.4 is 18.9 Å². The van der Waals surface area contributed by atoms with Gasteiger partial charge in [-0.2, -0.15) is 0 Å². The summed E-state index contributed by atoms with van der Waals surface area (Å²) in [4.78, 5) is 36.5. The highest BCUT2D eigenvalue weighted by atomic mass is 16.5. The molecule has 0 unspecified atom stereocenters. The predicted octanol–water partition coefficient (Wildman–Crippen LogP) is 8.38. The lowest BCUT2D eigenvalue weighted by molar-refractivity contribution is -0.139. The van der Waals surface area contributed by atoms with E-state index in [-0.39, 0.29) is 5.97 Å². The molecule has 3 aromatic carbocycles. The Bertz CT molecular complexity index is 1630. The largest absolute Gasteiger partial charge is 0.494 e. The standard InChI is InChI=1S/C40H44O9/c1-28(2)31(6)44-23-7-8-24-46-35-18-14-33(15-19-35)40(43)48-36-20-21-37(30(5)27-36)49-38(41)22-13-32-11-16-34(17-12-32)45-25-9-10-26-47-39(42)29(3)4/h11-22,27H,1,3,6-10,23-26H2,2,4-5H3/b22-13+. The quantitative estimate of drug-likeness (QED) is 0.0293. The van der Waals surface area contributed by atoms with E-state index in [9.17, 15) is 14.4 Å². The number of allylic oxidation sites excluding steroid dienone is 1. The third kappa shape index (κ3) is 14.0. The van der Waals surface area contributed by atoms with Gasteiger partial charge in [0.25, 0.3) is 0 Å². The normalized spacial score (nSPS) is 10.6. The zero-order chi connectivity index (χ0) is 35.6. The minimum absolute atomic E-state index is 0.322. The molecule has 49 heavy (non-hydrogen) atoms. The van der Waals surface area contributed by atoms with E-state index in [0.29, 0.717) is 78.3 Å². The van der Waals surface area contributed by atoms with Gasteiger partial charge in [-0.15, -0.1) is 0 Å². The fraction of sp³-hybridized carbons (Fsp3) is 0.275. The Morgan fingerprint density at radius 1 is 0.653 bits per heavy atom. The maximum Gasteiger partial charge on any atom is 0.343 e. The van der Waals surface area contributed by atoms with E-state index in [1.165, 1.54) is 6.08 Å². The Morgan fingerprint density at radius 3 is 1.78 bits per heavy atom. The first-order chi connectivity index (χ1) is 23.5. The first-order valence-corrected chi connectivity index (χ1v) is 16.0. The van der Waals surface area contributed by atoms with Crippen LogP contribution in [0.25, 0.3) is 6.08 Å². The number of carbonyl (C=O) groups is 3. The first-order valence-electron chi connectivity index (χ1n) is 16.0. The first kappa shape index (κ1) is 37.9. The van der Waals surface area contributed by atoms with Crippen LogP contribution in [0.3, 0.4) is 0 Å². The summed E-state index contributed by atoms with van der Waals surface area (Å²) in [7, 11) is 0. The highest BCUT2D eigenvalue weighted by molar-refractivity contribution is 5.91. The molecule has 0 fully saturated rings. The molecule has 0 N–H and O–H groups in total. The van der Waals surface area contributed by atoms with Crippen LogP contribution in [0.5, 0.6) is 23.0 Å². The Kier molecular flexibility index (Phi) is 15.4. The lowest BCUT2D eigenvalue weighted by Gasteiger charge is -2.10. The van der Waals surface area contributed by atoms with Crippen LogP contribution in [0.2, 0.25) is 0 Å². The van der Waals surface area contributed by atoms with Crippen LogP contribution in [0.4, 0.5) is 0 Å². The molecule has 3 aromatic rings. The van der Waals surface area contributed by atoms with Crippen molar-refractivity contribution in [1.82, 2.24) is 0 Å². The molecule has 0 amide bonds. The minimum Gasteiger partial charge on any atom is -0.494 e. The van der Waals surface area contributed by atoms with Crippen molar-refractivity contribution >= 4 is 24.0 Å². The molecule has 0 aliphatic carbocycles. The van der Waals surface area contributed by atoms with Gasteiger partial charge < -0.3 is 28.4 Å². The summed E-state index contributed by atoms with van der Waals surface area (Å²) in [6, 6.07) is 18.8. The number of benzene rings is 3. The number of carbonyl (C=O) groups excluding carboxylic acids is 3. The molecule has 0 atom stereocenters. The highest BCUT2D eigenvalue weighted by Crippen LogP contribution is 2.25. The second-order valence-electron chi connectivity index (χ2n) is 11.2. The fourth-order valence-electron chi connectivity index (χ4n) is 4.03. The van der Waals surface area contributed by atoms with Crippen molar-refractivity contribution in [3.63, 3.8) is 0 Å². The van der Waals surface area contributed by atoms with Crippen LogP contribution in [0.15, 0.2) is 109 Å². The van der Waals surface area contributed by atoms with Crippen molar-refractivity contribution in [3.8, 4) is 23.0 Å². The second-order valence-corrected chi connectivity index (χ2v) is 11.2. The van der Waals surface area contributed by atoms with Crippen LogP contribution in [0.1, 0.15) is 61.0 Å². The molecule has 0 aromatic heterocycles. The molecule has 3 rings (SSSR count). The molecule has 0 saturated carbocycles. The summed E-state index contributed by atoms with van der Waals surface area (Å²) in [5.41, 5.74) is 2.98. The Morgan fingerprint density at radius 2 is 1.20 bits per heavy atom. The zero-order valence-corrected chi connectivity index (χ0v) is 28.5. The van der Waals surface area contributed by atoms with Crippen molar-refractivity contribution in [2.75, 3.05) is 26.4 Å². The summed E-state index contributed by atoms with van der Waals surface area (Å²) in [5.74, 6) is 1.15. The average Bonchev–Trinajstić information content (AvgIpc) is 3.08. The van der Waals surface area contributed by atoms with Crippen LogP contribution in [-0.2, 0) is 19.1 Å². The average molecular weight is 669 g/mol. The van der Waals surface area contributed by atoms with Crippen LogP contribution in [0, 0.1) is 6.92 Å². The van der Waals surface area contributed by atoms with E-state index in [0.717, 1.165) is 30.4 Å². The maximum atomic E-state index is 12.7. The number of unbranched alkanes of at least 4 members (excludes halogenated alkanes) is 2. The zero-order valence-electron chi connectivity index (χ0n) is 28.5. The summed E-state index contributed by atoms with van der Waals surface area (Å²) < 4.78 is 33.0. The van der Waals surface area contributed by atoms with Crippen molar-refractivity contribution in [2.24, 2.45) is 0 Å². The van der Waals surface area contributed by atoms with Gasteiger partial charge in [-0.25, -0.2) is 14.4 Å².